The van der Waals surface area contributed by atoms with E-state index in [1.165, 1.54) is 0 Å². The second kappa shape index (κ2) is 7.91. The third kappa shape index (κ3) is 4.82. The van der Waals surface area contributed by atoms with Gasteiger partial charge in [0.15, 0.2) is 0 Å². The van der Waals surface area contributed by atoms with Gasteiger partial charge in [0, 0.05) is 38.3 Å². The van der Waals surface area contributed by atoms with Crippen LogP contribution in [0.2, 0.25) is 0 Å². The molecule has 0 bridgehead atoms. The number of nitrogens with one attached hydrogen (secondary N) is 1. The molecule has 1 saturated heterocycles. The summed E-state index contributed by atoms with van der Waals surface area (Å²) in [5.41, 5.74) is 6.62. The minimum atomic E-state index is -0.443. The lowest BCUT2D eigenvalue weighted by Gasteiger charge is -2.33. The Labute approximate surface area is 131 Å². The van der Waals surface area contributed by atoms with Crippen molar-refractivity contribution in [3.05, 3.63) is 35.4 Å². The van der Waals surface area contributed by atoms with Crippen molar-refractivity contribution in [3.8, 4) is 0 Å². The van der Waals surface area contributed by atoms with Crippen LogP contribution in [0.1, 0.15) is 22.8 Å². The number of amides is 2. The van der Waals surface area contributed by atoms with Gasteiger partial charge in [-0.25, -0.2) is 0 Å². The average molecular weight is 304 g/mol. The zero-order valence-electron chi connectivity index (χ0n) is 13.0. The highest BCUT2D eigenvalue weighted by Crippen LogP contribution is 2.04. The summed E-state index contributed by atoms with van der Waals surface area (Å²) >= 11 is 0. The molecule has 1 heterocycles. The molecule has 1 fully saturated rings. The smallest absolute Gasteiger partial charge is 0.248 e. The number of piperazine rings is 1. The van der Waals surface area contributed by atoms with Crippen molar-refractivity contribution in [3.63, 3.8) is 0 Å². The quantitative estimate of drug-likeness (QED) is 0.778. The highest BCUT2D eigenvalue weighted by Gasteiger charge is 2.17. The Morgan fingerprint density at radius 1 is 1.09 bits per heavy atom. The fraction of sp³-hybridized carbons (Fsp3) is 0.500. The van der Waals surface area contributed by atoms with Crippen molar-refractivity contribution in [2.24, 2.45) is 5.73 Å². The second-order valence-electron chi connectivity index (χ2n) is 5.55. The van der Waals surface area contributed by atoms with Crippen molar-refractivity contribution in [1.29, 1.82) is 0 Å². The first-order chi connectivity index (χ1) is 10.6. The number of nitrogens with zero attached hydrogens (tertiary/aromatic N) is 2. The zero-order chi connectivity index (χ0) is 15.9. The summed E-state index contributed by atoms with van der Waals surface area (Å²) in [5, 5.41) is 2.91. The molecule has 0 spiro atoms. The Kier molecular flexibility index (Phi) is 5.91. The molecule has 0 aromatic heterocycles. The Morgan fingerprint density at radius 3 is 2.23 bits per heavy atom. The van der Waals surface area contributed by atoms with Crippen LogP contribution in [0.25, 0.3) is 0 Å². The van der Waals surface area contributed by atoms with Crippen LogP contribution in [0.4, 0.5) is 0 Å². The zero-order valence-corrected chi connectivity index (χ0v) is 13.0. The van der Waals surface area contributed by atoms with Gasteiger partial charge in [0.2, 0.25) is 11.8 Å². The van der Waals surface area contributed by atoms with Gasteiger partial charge in [-0.1, -0.05) is 19.1 Å². The Balaban J connectivity index is 1.72. The summed E-state index contributed by atoms with van der Waals surface area (Å²) in [5.74, 6) is -0.411. The maximum atomic E-state index is 12.0. The number of carbonyl (C=O) groups excluding carboxylic acids is 2. The fourth-order valence-electron chi connectivity index (χ4n) is 2.51. The van der Waals surface area contributed by atoms with Gasteiger partial charge < -0.3 is 16.0 Å². The third-order valence-corrected chi connectivity index (χ3v) is 4.01. The molecule has 0 unspecified atom stereocenters. The van der Waals surface area contributed by atoms with Gasteiger partial charge in [-0.15, -0.1) is 0 Å². The van der Waals surface area contributed by atoms with E-state index >= 15 is 0 Å². The van der Waals surface area contributed by atoms with Gasteiger partial charge in [0.1, 0.15) is 0 Å². The first-order valence-electron chi connectivity index (χ1n) is 7.68. The van der Waals surface area contributed by atoms with Crippen LogP contribution in [0.3, 0.4) is 0 Å². The highest BCUT2D eigenvalue weighted by molar-refractivity contribution is 5.92. The maximum absolute atomic E-state index is 12.0. The van der Waals surface area contributed by atoms with E-state index in [9.17, 15) is 9.59 Å². The van der Waals surface area contributed by atoms with Crippen LogP contribution >= 0.6 is 0 Å². The van der Waals surface area contributed by atoms with E-state index in [2.05, 4.69) is 22.0 Å². The van der Waals surface area contributed by atoms with Crippen LogP contribution < -0.4 is 11.1 Å². The number of benzene rings is 1. The summed E-state index contributed by atoms with van der Waals surface area (Å²) < 4.78 is 0. The van der Waals surface area contributed by atoms with Gasteiger partial charge in [-0.05, 0) is 24.2 Å². The summed E-state index contributed by atoms with van der Waals surface area (Å²) in [6.07, 6.45) is 0. The number of primary amides is 1. The summed E-state index contributed by atoms with van der Waals surface area (Å²) in [7, 11) is 0. The minimum absolute atomic E-state index is 0.0314. The van der Waals surface area contributed by atoms with Crippen molar-refractivity contribution in [1.82, 2.24) is 15.1 Å². The van der Waals surface area contributed by atoms with E-state index in [4.69, 9.17) is 5.73 Å². The SMILES string of the molecule is CCN1CCN(CC(=O)NCc2ccc(C(N)=O)cc2)CC1. The van der Waals surface area contributed by atoms with Crippen molar-refractivity contribution >= 4 is 11.8 Å². The predicted molar refractivity (Wildman–Crippen MR) is 85.4 cm³/mol. The molecule has 3 N–H and O–H groups in total. The Bertz CT molecular complexity index is 507. The normalized spacial score (nSPS) is 16.4. The molecular formula is C16H24N4O2. The molecule has 0 aliphatic carbocycles. The average Bonchev–Trinajstić information content (AvgIpc) is 2.54. The molecule has 22 heavy (non-hydrogen) atoms. The largest absolute Gasteiger partial charge is 0.366 e. The fourth-order valence-corrected chi connectivity index (χ4v) is 2.51. The van der Waals surface area contributed by atoms with E-state index in [1.807, 2.05) is 0 Å². The number of hydrogen-bond acceptors (Lipinski definition) is 4. The number of nitrogens with two attached hydrogens (primary N) is 1. The molecule has 2 rings (SSSR count). The van der Waals surface area contributed by atoms with Crippen LogP contribution in [0.15, 0.2) is 24.3 Å². The van der Waals surface area contributed by atoms with E-state index < -0.39 is 5.91 Å². The van der Waals surface area contributed by atoms with Gasteiger partial charge in [-0.3, -0.25) is 14.5 Å². The molecule has 1 aliphatic rings. The lowest BCUT2D eigenvalue weighted by molar-refractivity contribution is -0.122. The molecule has 0 saturated carbocycles. The van der Waals surface area contributed by atoms with E-state index in [0.717, 1.165) is 38.3 Å². The molecule has 0 atom stereocenters. The topological polar surface area (TPSA) is 78.7 Å². The van der Waals surface area contributed by atoms with E-state index in [0.29, 0.717) is 18.7 Å². The summed E-state index contributed by atoms with van der Waals surface area (Å²) in [6.45, 7) is 8.07. The molecule has 6 heteroatoms. The summed E-state index contributed by atoms with van der Waals surface area (Å²) in [4.78, 5) is 27.5. The van der Waals surface area contributed by atoms with Crippen molar-refractivity contribution in [2.75, 3.05) is 39.3 Å². The molecule has 1 aliphatic heterocycles. The molecule has 1 aromatic carbocycles. The molecule has 120 valence electrons. The van der Waals surface area contributed by atoms with E-state index in [1.54, 1.807) is 24.3 Å². The Morgan fingerprint density at radius 2 is 1.68 bits per heavy atom. The standard InChI is InChI=1S/C16H24N4O2/c1-2-19-7-9-20(10-8-19)12-15(21)18-11-13-3-5-14(6-4-13)16(17)22/h3-6H,2,7-12H2,1H3,(H2,17,22)(H,18,21). The van der Waals surface area contributed by atoms with Crippen LogP contribution in [0, 0.1) is 0 Å². The van der Waals surface area contributed by atoms with Crippen molar-refractivity contribution in [2.45, 2.75) is 13.5 Å². The lowest BCUT2D eigenvalue weighted by Crippen LogP contribution is -2.49. The van der Waals surface area contributed by atoms with Gasteiger partial charge >= 0.3 is 0 Å². The van der Waals surface area contributed by atoms with Crippen LogP contribution in [-0.4, -0.2) is 60.9 Å². The van der Waals surface area contributed by atoms with Gasteiger partial charge in [0.25, 0.3) is 0 Å². The molecule has 1 aromatic rings. The number of likely N-dealkylation sites (N-methyl/N-ethyl adjacent to an activating group) is 1. The van der Waals surface area contributed by atoms with Gasteiger partial charge in [0.05, 0.1) is 6.54 Å². The number of carbonyl (C=O) groups is 2. The first-order valence-corrected chi connectivity index (χ1v) is 7.68. The molecular weight excluding hydrogens is 280 g/mol. The Hall–Kier alpha value is -1.92. The molecule has 2 amide bonds. The second-order valence-corrected chi connectivity index (χ2v) is 5.55. The maximum Gasteiger partial charge on any atom is 0.248 e. The number of rotatable bonds is 6. The molecule has 6 nitrogen and oxygen atoms in total. The monoisotopic (exact) mass is 304 g/mol. The van der Waals surface area contributed by atoms with Crippen LogP contribution in [-0.2, 0) is 11.3 Å². The number of hydrogen-bond donors (Lipinski definition) is 2. The van der Waals surface area contributed by atoms with Crippen LogP contribution in [0.5, 0.6) is 0 Å². The summed E-state index contributed by atoms with van der Waals surface area (Å²) in [6, 6.07) is 6.96. The van der Waals surface area contributed by atoms with Crippen molar-refractivity contribution < 1.29 is 9.59 Å². The first kappa shape index (κ1) is 16.5. The predicted octanol–water partition coefficient (Wildman–Crippen LogP) is 0.0392. The van der Waals surface area contributed by atoms with Gasteiger partial charge in [-0.2, -0.15) is 0 Å². The highest BCUT2D eigenvalue weighted by atomic mass is 16.2. The third-order valence-electron chi connectivity index (χ3n) is 4.01. The molecule has 0 radical (unpaired) electrons. The minimum Gasteiger partial charge on any atom is -0.366 e. The van der Waals surface area contributed by atoms with E-state index in [-0.39, 0.29) is 5.91 Å². The lowest BCUT2D eigenvalue weighted by atomic mass is 10.1.